The van der Waals surface area contributed by atoms with Crippen molar-refractivity contribution in [1.29, 1.82) is 0 Å². The summed E-state index contributed by atoms with van der Waals surface area (Å²) in [4.78, 5) is 4.58. The lowest BCUT2D eigenvalue weighted by Crippen LogP contribution is -2.26. The van der Waals surface area contributed by atoms with Gasteiger partial charge in [0.05, 0.1) is 23.3 Å². The molecule has 0 aliphatic carbocycles. The number of nitrogens with one attached hydrogen (secondary N) is 1. The first-order valence-electron chi connectivity index (χ1n) is 7.82. The minimum absolute atomic E-state index is 0.0342. The van der Waals surface area contributed by atoms with E-state index in [0.29, 0.717) is 6.42 Å². The minimum Gasteiger partial charge on any atom is -0.496 e. The van der Waals surface area contributed by atoms with E-state index < -0.39 is 15.8 Å². The fraction of sp³-hybridized carbons (Fsp3) is 0.167. The zero-order valence-corrected chi connectivity index (χ0v) is 15.6. The largest absolute Gasteiger partial charge is 0.496 e. The number of hydrogen-bond acceptors (Lipinski definition) is 5. The van der Waals surface area contributed by atoms with E-state index in [0.717, 1.165) is 34.1 Å². The molecule has 0 amide bonds. The number of hydrogen-bond donors (Lipinski definition) is 1. The fourth-order valence-electron chi connectivity index (χ4n) is 2.38. The van der Waals surface area contributed by atoms with Crippen LogP contribution >= 0.6 is 11.3 Å². The Morgan fingerprint density at radius 2 is 1.88 bits per heavy atom. The van der Waals surface area contributed by atoms with E-state index in [1.54, 1.807) is 7.11 Å². The lowest BCUT2D eigenvalue weighted by Gasteiger charge is -2.06. The van der Waals surface area contributed by atoms with Crippen molar-refractivity contribution in [2.75, 3.05) is 13.7 Å². The number of aromatic nitrogens is 1. The molecular weight excluding hydrogens is 375 g/mol. The van der Waals surface area contributed by atoms with E-state index in [4.69, 9.17) is 4.74 Å². The van der Waals surface area contributed by atoms with Gasteiger partial charge in [0.15, 0.2) is 0 Å². The molecule has 0 saturated heterocycles. The number of para-hydroxylation sites is 1. The predicted molar refractivity (Wildman–Crippen MR) is 99.4 cm³/mol. The molecule has 0 radical (unpaired) electrons. The van der Waals surface area contributed by atoms with Crippen molar-refractivity contribution < 1.29 is 17.5 Å². The average molecular weight is 392 g/mol. The molecule has 1 N–H and O–H groups in total. The molecular formula is C18H17FN2O3S2. The molecule has 2 aromatic carbocycles. The number of nitrogens with zero attached hydrogens (tertiary/aromatic N) is 1. The first kappa shape index (κ1) is 18.5. The van der Waals surface area contributed by atoms with E-state index in [-0.39, 0.29) is 11.4 Å². The highest BCUT2D eigenvalue weighted by atomic mass is 32.2. The molecule has 3 rings (SSSR count). The summed E-state index contributed by atoms with van der Waals surface area (Å²) in [6.07, 6.45) is 0.450. The Bertz CT molecular complexity index is 986. The fourth-order valence-corrected chi connectivity index (χ4v) is 4.29. The Kier molecular flexibility index (Phi) is 5.65. The van der Waals surface area contributed by atoms with Crippen LogP contribution in [0.4, 0.5) is 4.39 Å². The molecule has 26 heavy (non-hydrogen) atoms. The van der Waals surface area contributed by atoms with Gasteiger partial charge in [-0.3, -0.25) is 0 Å². The van der Waals surface area contributed by atoms with Gasteiger partial charge in [0, 0.05) is 18.3 Å². The second kappa shape index (κ2) is 7.94. The predicted octanol–water partition coefficient (Wildman–Crippen LogP) is 3.48. The molecule has 1 aromatic heterocycles. The van der Waals surface area contributed by atoms with Crippen LogP contribution < -0.4 is 9.46 Å². The van der Waals surface area contributed by atoms with Crippen molar-refractivity contribution in [3.63, 3.8) is 0 Å². The monoisotopic (exact) mass is 392 g/mol. The van der Waals surface area contributed by atoms with Gasteiger partial charge in [0.2, 0.25) is 10.0 Å². The van der Waals surface area contributed by atoms with Crippen LogP contribution in [0.2, 0.25) is 0 Å². The highest BCUT2D eigenvalue weighted by Crippen LogP contribution is 2.31. The minimum atomic E-state index is -3.66. The first-order valence-corrected chi connectivity index (χ1v) is 10.2. The van der Waals surface area contributed by atoms with E-state index in [9.17, 15) is 12.8 Å². The Hall–Kier alpha value is -2.29. The summed E-state index contributed by atoms with van der Waals surface area (Å²) in [5, 5.41) is 2.72. The van der Waals surface area contributed by atoms with Crippen LogP contribution in [0.3, 0.4) is 0 Å². The van der Waals surface area contributed by atoms with Gasteiger partial charge in [0.25, 0.3) is 0 Å². The van der Waals surface area contributed by atoms with Crippen LogP contribution in [-0.2, 0) is 16.4 Å². The molecule has 0 atom stereocenters. The highest BCUT2D eigenvalue weighted by molar-refractivity contribution is 7.89. The van der Waals surface area contributed by atoms with Gasteiger partial charge in [-0.1, -0.05) is 12.1 Å². The maximum atomic E-state index is 12.9. The van der Waals surface area contributed by atoms with Gasteiger partial charge in [-0.15, -0.1) is 11.3 Å². The van der Waals surface area contributed by atoms with Gasteiger partial charge in [-0.2, -0.15) is 0 Å². The summed E-state index contributed by atoms with van der Waals surface area (Å²) in [5.41, 5.74) is 1.69. The summed E-state index contributed by atoms with van der Waals surface area (Å²) in [5.74, 6) is 0.265. The Balaban J connectivity index is 1.64. The molecule has 0 unspecified atom stereocenters. The summed E-state index contributed by atoms with van der Waals surface area (Å²) < 4.78 is 45.1. The normalized spacial score (nSPS) is 11.5. The Morgan fingerprint density at radius 3 is 2.62 bits per heavy atom. The molecule has 5 nitrogen and oxygen atoms in total. The van der Waals surface area contributed by atoms with E-state index in [1.165, 1.54) is 23.5 Å². The molecule has 0 bridgehead atoms. The second-order valence-corrected chi connectivity index (χ2v) is 8.07. The highest BCUT2D eigenvalue weighted by Gasteiger charge is 2.14. The van der Waals surface area contributed by atoms with Gasteiger partial charge < -0.3 is 4.74 Å². The van der Waals surface area contributed by atoms with Gasteiger partial charge in [-0.05, 0) is 36.4 Å². The number of ether oxygens (including phenoxy) is 1. The van der Waals surface area contributed by atoms with Gasteiger partial charge in [0.1, 0.15) is 16.6 Å². The molecule has 0 spiro atoms. The second-order valence-electron chi connectivity index (χ2n) is 5.45. The van der Waals surface area contributed by atoms with Gasteiger partial charge in [-0.25, -0.2) is 22.5 Å². The number of thiazole rings is 1. The van der Waals surface area contributed by atoms with Crippen molar-refractivity contribution in [3.05, 3.63) is 65.4 Å². The molecule has 1 heterocycles. The van der Waals surface area contributed by atoms with Crippen molar-refractivity contribution in [1.82, 2.24) is 9.71 Å². The maximum absolute atomic E-state index is 12.9. The number of halogens is 1. The standard InChI is InChI=1S/C18H17FN2O3S2/c1-24-17-5-3-2-4-16(17)18-21-14(12-25-18)10-11-20-26(22,23)15-8-6-13(19)7-9-15/h2-9,12,20H,10-11H2,1H3. The third-order valence-corrected chi connectivity index (χ3v) is 6.09. The van der Waals surface area contributed by atoms with Crippen molar-refractivity contribution >= 4 is 21.4 Å². The molecule has 0 saturated carbocycles. The van der Waals surface area contributed by atoms with Crippen LogP contribution in [-0.4, -0.2) is 27.1 Å². The van der Waals surface area contributed by atoms with Gasteiger partial charge >= 0.3 is 0 Å². The zero-order valence-electron chi connectivity index (χ0n) is 14.0. The molecule has 8 heteroatoms. The van der Waals surface area contributed by atoms with Crippen molar-refractivity contribution in [3.8, 4) is 16.3 Å². The number of rotatable bonds is 7. The molecule has 0 aliphatic rings. The van der Waals surface area contributed by atoms with Crippen molar-refractivity contribution in [2.45, 2.75) is 11.3 Å². The topological polar surface area (TPSA) is 68.3 Å². The molecule has 3 aromatic rings. The lowest BCUT2D eigenvalue weighted by atomic mass is 10.2. The average Bonchev–Trinajstić information content (AvgIpc) is 3.10. The SMILES string of the molecule is COc1ccccc1-c1nc(CCNS(=O)(=O)c2ccc(F)cc2)cs1. The lowest BCUT2D eigenvalue weighted by molar-refractivity contribution is 0.416. The number of sulfonamides is 1. The molecule has 0 aliphatic heterocycles. The summed E-state index contributed by atoms with van der Waals surface area (Å²) in [6, 6.07) is 12.3. The van der Waals surface area contributed by atoms with E-state index >= 15 is 0 Å². The van der Waals surface area contributed by atoms with Crippen molar-refractivity contribution in [2.24, 2.45) is 0 Å². The smallest absolute Gasteiger partial charge is 0.240 e. The summed E-state index contributed by atoms with van der Waals surface area (Å²) in [7, 11) is -2.06. The maximum Gasteiger partial charge on any atom is 0.240 e. The number of methoxy groups -OCH3 is 1. The zero-order chi connectivity index (χ0) is 18.6. The Labute approximate surface area is 155 Å². The van der Waals surface area contributed by atoms with Crippen LogP contribution in [0.1, 0.15) is 5.69 Å². The van der Waals surface area contributed by atoms with Crippen LogP contribution in [0, 0.1) is 5.82 Å². The van der Waals surface area contributed by atoms with Crippen LogP contribution in [0.15, 0.2) is 58.8 Å². The Morgan fingerprint density at radius 1 is 1.15 bits per heavy atom. The third-order valence-electron chi connectivity index (χ3n) is 3.69. The number of benzene rings is 2. The summed E-state index contributed by atoms with van der Waals surface area (Å²) in [6.45, 7) is 0.203. The van der Waals surface area contributed by atoms with E-state index in [1.807, 2.05) is 29.6 Å². The van der Waals surface area contributed by atoms with Crippen LogP contribution in [0.5, 0.6) is 5.75 Å². The first-order chi connectivity index (χ1) is 12.5. The molecule has 0 fully saturated rings. The molecule has 136 valence electrons. The van der Waals surface area contributed by atoms with Crippen LogP contribution in [0.25, 0.3) is 10.6 Å². The quantitative estimate of drug-likeness (QED) is 0.668. The third kappa shape index (κ3) is 4.27. The van der Waals surface area contributed by atoms with E-state index in [2.05, 4.69) is 9.71 Å². The summed E-state index contributed by atoms with van der Waals surface area (Å²) >= 11 is 1.48.